The van der Waals surface area contributed by atoms with E-state index in [9.17, 15) is 5.26 Å². The number of benzene rings is 7. The Bertz CT molecular complexity index is 3480. The van der Waals surface area contributed by atoms with E-state index in [2.05, 4.69) is 138 Å². The lowest BCUT2D eigenvalue weighted by Crippen LogP contribution is -2.02. The highest BCUT2D eigenvalue weighted by Crippen LogP contribution is 2.45. The first kappa shape index (κ1) is 31.0. The Morgan fingerprint density at radius 1 is 0.564 bits per heavy atom. The lowest BCUT2D eigenvalue weighted by atomic mass is 9.99. The van der Waals surface area contributed by atoms with E-state index in [1.807, 2.05) is 42.5 Å². The van der Waals surface area contributed by atoms with Gasteiger partial charge in [0.1, 0.15) is 11.3 Å². The highest BCUT2D eigenvalue weighted by Gasteiger charge is 2.25. The summed E-state index contributed by atoms with van der Waals surface area (Å²) < 4.78 is 18.1. The van der Waals surface area contributed by atoms with Crippen LogP contribution >= 0.6 is 0 Å². The van der Waals surface area contributed by atoms with E-state index in [0.29, 0.717) is 5.56 Å². The largest absolute Gasteiger partial charge is 0.454 e. The van der Waals surface area contributed by atoms with Crippen LogP contribution in [0.1, 0.15) is 16.9 Å². The lowest BCUT2D eigenvalue weighted by Gasteiger charge is -2.19. The highest BCUT2D eigenvalue weighted by atomic mass is 16.3. The molecule has 0 fully saturated rings. The quantitative estimate of drug-likeness (QED) is 0.168. The number of aryl methyl sites for hydroxylation is 1. The Morgan fingerprint density at radius 2 is 1.15 bits per heavy atom. The summed E-state index contributed by atoms with van der Waals surface area (Å²) in [6.45, 7) is 5.97. The van der Waals surface area contributed by atoms with Crippen LogP contribution in [0.25, 0.3) is 105 Å². The van der Waals surface area contributed by atoms with Crippen molar-refractivity contribution in [1.82, 2.24) is 9.13 Å². The van der Waals surface area contributed by atoms with Crippen molar-refractivity contribution in [1.29, 1.82) is 5.26 Å². The average Bonchev–Trinajstić information content (AvgIpc) is 3.97. The Labute approximate surface area is 315 Å². The van der Waals surface area contributed by atoms with E-state index in [0.717, 1.165) is 110 Å². The summed E-state index contributed by atoms with van der Waals surface area (Å²) in [6.07, 6.45) is 5.65. The van der Waals surface area contributed by atoms with E-state index in [4.69, 9.17) is 8.83 Å². The summed E-state index contributed by atoms with van der Waals surface area (Å²) in [5, 5.41) is 18.0. The maximum Gasteiger partial charge on any atom is 0.160 e. The molecule has 0 radical (unpaired) electrons. The molecule has 0 spiro atoms. The molecule has 55 heavy (non-hydrogen) atoms. The van der Waals surface area contributed by atoms with Crippen molar-refractivity contribution in [2.24, 2.45) is 0 Å². The van der Waals surface area contributed by atoms with Crippen molar-refractivity contribution in [3.63, 3.8) is 0 Å². The molecule has 11 rings (SSSR count). The molecule has 7 aromatic carbocycles. The molecule has 0 N–H and O–H groups in total. The fourth-order valence-corrected chi connectivity index (χ4v) is 8.70. The van der Waals surface area contributed by atoms with E-state index in [-0.39, 0.29) is 0 Å². The van der Waals surface area contributed by atoms with Gasteiger partial charge < -0.3 is 18.0 Å². The molecular weight excluding hydrogens is 675 g/mol. The van der Waals surface area contributed by atoms with E-state index < -0.39 is 0 Å². The fraction of sp³-hybridized carbons (Fsp3) is 0.0200. The van der Waals surface area contributed by atoms with Gasteiger partial charge in [-0.1, -0.05) is 116 Å². The third-order valence-corrected chi connectivity index (χ3v) is 11.1. The summed E-state index contributed by atoms with van der Waals surface area (Å²) in [5.41, 5.74) is 12.1. The molecule has 0 amide bonds. The minimum atomic E-state index is 0.573. The van der Waals surface area contributed by atoms with Crippen molar-refractivity contribution in [3.8, 4) is 28.6 Å². The molecule has 0 aliphatic rings. The summed E-state index contributed by atoms with van der Waals surface area (Å²) in [5.74, 6) is 0.810. The first-order valence-electron chi connectivity index (χ1n) is 18.4. The number of nitriles is 1. The summed E-state index contributed by atoms with van der Waals surface area (Å²) >= 11 is 0. The van der Waals surface area contributed by atoms with Crippen LogP contribution in [0.4, 0.5) is 0 Å². The molecule has 0 aliphatic carbocycles. The molecule has 0 unspecified atom stereocenters. The first-order valence-corrected chi connectivity index (χ1v) is 18.4. The molecule has 0 aliphatic heterocycles. The van der Waals surface area contributed by atoms with Crippen LogP contribution < -0.4 is 0 Å². The molecule has 0 atom stereocenters. The Kier molecular flexibility index (Phi) is 6.61. The third-order valence-electron chi connectivity index (χ3n) is 11.1. The zero-order chi connectivity index (χ0) is 36.8. The normalized spacial score (nSPS) is 12.1. The van der Waals surface area contributed by atoms with Gasteiger partial charge in [-0.25, -0.2) is 0 Å². The number of nitrogens with zero attached hydrogens (tertiary/aromatic N) is 3. The van der Waals surface area contributed by atoms with Gasteiger partial charge >= 0.3 is 0 Å². The van der Waals surface area contributed by atoms with Crippen LogP contribution in [0.5, 0.6) is 0 Å². The molecule has 4 aromatic heterocycles. The van der Waals surface area contributed by atoms with Gasteiger partial charge in [0.25, 0.3) is 0 Å². The fourth-order valence-electron chi connectivity index (χ4n) is 8.70. The zero-order valence-corrected chi connectivity index (χ0v) is 29.9. The van der Waals surface area contributed by atoms with Crippen LogP contribution in [-0.2, 0) is 0 Å². The number of aromatic nitrogens is 2. The Morgan fingerprint density at radius 3 is 1.87 bits per heavy atom. The molecule has 5 nitrogen and oxygen atoms in total. The molecule has 4 heterocycles. The van der Waals surface area contributed by atoms with Crippen LogP contribution in [0.3, 0.4) is 0 Å². The smallest absolute Gasteiger partial charge is 0.160 e. The molecule has 0 saturated heterocycles. The van der Waals surface area contributed by atoms with Crippen LogP contribution in [0.2, 0.25) is 0 Å². The minimum Gasteiger partial charge on any atom is -0.454 e. The van der Waals surface area contributed by atoms with Gasteiger partial charge in [-0.3, -0.25) is 0 Å². The van der Waals surface area contributed by atoms with Crippen molar-refractivity contribution >= 4 is 82.6 Å². The second-order valence-corrected chi connectivity index (χ2v) is 14.0. The van der Waals surface area contributed by atoms with Crippen LogP contribution in [0, 0.1) is 18.3 Å². The number of para-hydroxylation sites is 4. The van der Waals surface area contributed by atoms with Crippen molar-refractivity contribution in [3.05, 3.63) is 175 Å². The van der Waals surface area contributed by atoms with Crippen LogP contribution in [0.15, 0.2) is 167 Å². The topological polar surface area (TPSA) is 59.9 Å². The molecule has 258 valence electrons. The maximum absolute atomic E-state index is 10.3. The van der Waals surface area contributed by atoms with E-state index >= 15 is 0 Å². The van der Waals surface area contributed by atoms with Crippen molar-refractivity contribution < 1.29 is 8.83 Å². The van der Waals surface area contributed by atoms with Gasteiger partial charge in [0.2, 0.25) is 0 Å². The van der Waals surface area contributed by atoms with Crippen molar-refractivity contribution in [2.45, 2.75) is 6.92 Å². The molecule has 0 bridgehead atoms. The van der Waals surface area contributed by atoms with Gasteiger partial charge in [0.15, 0.2) is 11.2 Å². The van der Waals surface area contributed by atoms with Gasteiger partial charge in [-0.2, -0.15) is 5.26 Å². The van der Waals surface area contributed by atoms with Crippen molar-refractivity contribution in [2.75, 3.05) is 0 Å². The second kappa shape index (κ2) is 11.7. The summed E-state index contributed by atoms with van der Waals surface area (Å²) in [7, 11) is 0. The first-order chi connectivity index (χ1) is 27.1. The summed E-state index contributed by atoms with van der Waals surface area (Å²) in [6, 6.07) is 50.9. The Hall–Kier alpha value is -7.55. The number of hydrogen-bond donors (Lipinski definition) is 0. The van der Waals surface area contributed by atoms with Gasteiger partial charge in [-0.05, 0) is 55.5 Å². The van der Waals surface area contributed by atoms with Crippen LogP contribution in [-0.4, -0.2) is 9.13 Å². The lowest BCUT2D eigenvalue weighted by molar-refractivity contribution is 0.603. The predicted molar refractivity (Wildman–Crippen MR) is 226 cm³/mol. The standard InChI is InChI=1S/C50H31N3O2/c1-3-4-20-45-30(2)32-24-25-38-34-14-6-10-18-42(34)52(47(38)49(32)54-45)41-17-9-5-13-33(41)36-23-22-31(29-51)28-44(36)53-43-19-11-7-15-35(43)39-26-27-40-37-16-8-12-21-46(37)55-50(40)48(39)53/h3-28H,1H2,2H3/b20-4-. The van der Waals surface area contributed by atoms with E-state index in [1.54, 1.807) is 6.08 Å². The third kappa shape index (κ3) is 4.34. The number of hydrogen-bond acceptors (Lipinski definition) is 3. The minimum absolute atomic E-state index is 0.573. The van der Waals surface area contributed by atoms with E-state index in [1.165, 1.54) is 0 Å². The summed E-state index contributed by atoms with van der Waals surface area (Å²) in [4.78, 5) is 0. The van der Waals surface area contributed by atoms with Gasteiger partial charge in [0, 0.05) is 54.4 Å². The van der Waals surface area contributed by atoms with Gasteiger partial charge in [-0.15, -0.1) is 0 Å². The molecular formula is C50H31N3O2. The molecule has 5 heteroatoms. The number of allylic oxidation sites excluding steroid dienone is 2. The number of rotatable bonds is 5. The number of fused-ring (bicyclic) bond motifs is 12. The van der Waals surface area contributed by atoms with Gasteiger partial charge in [0.05, 0.1) is 45.1 Å². The second-order valence-electron chi connectivity index (χ2n) is 14.0. The molecule has 11 aromatic rings. The average molecular weight is 706 g/mol. The molecule has 0 saturated carbocycles. The Balaban J connectivity index is 1.27. The predicted octanol–water partition coefficient (Wildman–Crippen LogP) is 13.6. The SMILES string of the molecule is C=C/C=C\c1oc2c(ccc3c4ccccc4n(-c4ccccc4-c4ccc(C#N)cc4-n4c5ccccc5c5ccc6c7ccccc7oc6c54)c32)c1C. The highest BCUT2D eigenvalue weighted by molar-refractivity contribution is 6.22. The zero-order valence-electron chi connectivity index (χ0n) is 29.9. The number of furan rings is 2. The maximum atomic E-state index is 10.3. The monoisotopic (exact) mass is 705 g/mol.